The van der Waals surface area contributed by atoms with Gasteiger partial charge in [-0.3, -0.25) is 9.69 Å². The fraction of sp³-hybridized carbons (Fsp3) is 0.938. The van der Waals surface area contributed by atoms with Crippen LogP contribution in [0.5, 0.6) is 0 Å². The van der Waals surface area contributed by atoms with Gasteiger partial charge in [0.2, 0.25) is 5.91 Å². The highest BCUT2D eigenvalue weighted by atomic mass is 16.2. The van der Waals surface area contributed by atoms with Gasteiger partial charge in [-0.05, 0) is 26.8 Å². The van der Waals surface area contributed by atoms with Crippen LogP contribution in [0.2, 0.25) is 0 Å². The molecule has 2 atom stereocenters. The first-order valence-electron chi connectivity index (χ1n) is 8.13. The third-order valence-electron chi connectivity index (χ3n) is 4.29. The summed E-state index contributed by atoms with van der Waals surface area (Å²) in [7, 11) is 0. The standard InChI is InChI=1S/C16H32N2O/c1-5-7-8-9-10-11-17-12-15(4)18(13-14(17)3)16(19)6-2/h14-15H,5-13H2,1-4H3. The molecule has 1 heterocycles. The van der Waals surface area contributed by atoms with Crippen molar-refractivity contribution in [1.82, 2.24) is 9.80 Å². The van der Waals surface area contributed by atoms with E-state index in [1.54, 1.807) is 0 Å². The van der Waals surface area contributed by atoms with Gasteiger partial charge in [0.25, 0.3) is 0 Å². The van der Waals surface area contributed by atoms with Gasteiger partial charge < -0.3 is 4.90 Å². The van der Waals surface area contributed by atoms with Crippen LogP contribution >= 0.6 is 0 Å². The summed E-state index contributed by atoms with van der Waals surface area (Å²) in [4.78, 5) is 16.5. The van der Waals surface area contributed by atoms with Crippen LogP contribution in [0, 0.1) is 0 Å². The predicted molar refractivity (Wildman–Crippen MR) is 81.3 cm³/mol. The second kappa shape index (κ2) is 8.57. The summed E-state index contributed by atoms with van der Waals surface area (Å²) in [5.41, 5.74) is 0. The van der Waals surface area contributed by atoms with E-state index in [2.05, 4.69) is 30.6 Å². The second-order valence-electron chi connectivity index (χ2n) is 6.01. The number of carbonyl (C=O) groups is 1. The summed E-state index contributed by atoms with van der Waals surface area (Å²) in [6, 6.07) is 0.886. The minimum atomic E-state index is 0.307. The van der Waals surface area contributed by atoms with Gasteiger partial charge in [0, 0.05) is 31.6 Å². The monoisotopic (exact) mass is 268 g/mol. The molecule has 0 radical (unpaired) electrons. The molecule has 1 aliphatic rings. The maximum atomic E-state index is 11.9. The zero-order valence-electron chi connectivity index (χ0n) is 13.3. The van der Waals surface area contributed by atoms with Gasteiger partial charge in [-0.15, -0.1) is 0 Å². The average molecular weight is 268 g/mol. The van der Waals surface area contributed by atoms with Crippen molar-refractivity contribution < 1.29 is 4.79 Å². The lowest BCUT2D eigenvalue weighted by atomic mass is 10.1. The van der Waals surface area contributed by atoms with E-state index in [0.717, 1.165) is 13.1 Å². The number of rotatable bonds is 7. The van der Waals surface area contributed by atoms with E-state index in [4.69, 9.17) is 0 Å². The van der Waals surface area contributed by atoms with Crippen molar-refractivity contribution in [3.63, 3.8) is 0 Å². The van der Waals surface area contributed by atoms with Crippen molar-refractivity contribution in [3.05, 3.63) is 0 Å². The first-order chi connectivity index (χ1) is 9.10. The maximum Gasteiger partial charge on any atom is 0.222 e. The van der Waals surface area contributed by atoms with Gasteiger partial charge in [-0.1, -0.05) is 39.5 Å². The average Bonchev–Trinajstić information content (AvgIpc) is 2.41. The van der Waals surface area contributed by atoms with Gasteiger partial charge in [0.05, 0.1) is 0 Å². The second-order valence-corrected chi connectivity index (χ2v) is 6.01. The topological polar surface area (TPSA) is 23.6 Å². The van der Waals surface area contributed by atoms with Crippen LogP contribution in [0.3, 0.4) is 0 Å². The first-order valence-corrected chi connectivity index (χ1v) is 8.13. The fourth-order valence-corrected chi connectivity index (χ4v) is 2.98. The van der Waals surface area contributed by atoms with Crippen molar-refractivity contribution in [3.8, 4) is 0 Å². The summed E-state index contributed by atoms with van der Waals surface area (Å²) < 4.78 is 0. The number of piperazine rings is 1. The van der Waals surface area contributed by atoms with Gasteiger partial charge >= 0.3 is 0 Å². The summed E-state index contributed by atoms with van der Waals surface area (Å²) in [5.74, 6) is 0.307. The van der Waals surface area contributed by atoms with E-state index < -0.39 is 0 Å². The molecule has 112 valence electrons. The zero-order valence-corrected chi connectivity index (χ0v) is 13.3. The van der Waals surface area contributed by atoms with Crippen LogP contribution in [0.4, 0.5) is 0 Å². The SMILES string of the molecule is CCCCCCCN1CC(C)N(C(=O)CC)CC1C. The van der Waals surface area contributed by atoms with Gasteiger partial charge in [-0.25, -0.2) is 0 Å². The number of unbranched alkanes of at least 4 members (excludes halogenated alkanes) is 4. The van der Waals surface area contributed by atoms with Gasteiger partial charge in [0.15, 0.2) is 0 Å². The molecule has 1 aliphatic heterocycles. The normalized spacial score (nSPS) is 24.7. The number of hydrogen-bond donors (Lipinski definition) is 0. The van der Waals surface area contributed by atoms with Crippen LogP contribution in [0.25, 0.3) is 0 Å². The quantitative estimate of drug-likeness (QED) is 0.662. The first kappa shape index (κ1) is 16.5. The molecule has 0 aliphatic carbocycles. The number of amides is 1. The molecule has 19 heavy (non-hydrogen) atoms. The van der Waals surface area contributed by atoms with Crippen molar-refractivity contribution >= 4 is 5.91 Å². The molecule has 2 unspecified atom stereocenters. The van der Waals surface area contributed by atoms with E-state index in [0.29, 0.717) is 24.4 Å². The molecule has 1 fully saturated rings. The smallest absolute Gasteiger partial charge is 0.222 e. The highest BCUT2D eigenvalue weighted by molar-refractivity contribution is 5.76. The molecule has 1 saturated heterocycles. The van der Waals surface area contributed by atoms with Gasteiger partial charge in [0.1, 0.15) is 0 Å². The van der Waals surface area contributed by atoms with Crippen LogP contribution < -0.4 is 0 Å². The molecule has 3 nitrogen and oxygen atoms in total. The Kier molecular flexibility index (Phi) is 7.44. The molecule has 1 rings (SSSR count). The minimum Gasteiger partial charge on any atom is -0.337 e. The Hall–Kier alpha value is -0.570. The third-order valence-corrected chi connectivity index (χ3v) is 4.29. The maximum absolute atomic E-state index is 11.9. The zero-order chi connectivity index (χ0) is 14.3. The molecule has 3 heteroatoms. The molecular formula is C16H32N2O. The van der Waals surface area contributed by atoms with Crippen molar-refractivity contribution in [1.29, 1.82) is 0 Å². The van der Waals surface area contributed by atoms with Crippen LogP contribution in [-0.4, -0.2) is 47.4 Å². The van der Waals surface area contributed by atoms with E-state index in [9.17, 15) is 4.79 Å². The largest absolute Gasteiger partial charge is 0.337 e. The lowest BCUT2D eigenvalue weighted by Gasteiger charge is -2.44. The van der Waals surface area contributed by atoms with E-state index in [1.807, 2.05) is 6.92 Å². The minimum absolute atomic E-state index is 0.307. The Bertz CT molecular complexity index is 267. The van der Waals surface area contributed by atoms with Crippen LogP contribution in [-0.2, 0) is 4.79 Å². The van der Waals surface area contributed by atoms with Crippen molar-refractivity contribution in [2.24, 2.45) is 0 Å². The summed E-state index contributed by atoms with van der Waals surface area (Å²) >= 11 is 0. The summed E-state index contributed by atoms with van der Waals surface area (Å²) in [5, 5.41) is 0. The molecule has 1 amide bonds. The van der Waals surface area contributed by atoms with Crippen molar-refractivity contribution in [2.75, 3.05) is 19.6 Å². The molecule has 0 N–H and O–H groups in total. The van der Waals surface area contributed by atoms with Crippen LogP contribution in [0.1, 0.15) is 66.2 Å². The van der Waals surface area contributed by atoms with Crippen molar-refractivity contribution in [2.45, 2.75) is 78.3 Å². The molecule has 0 aromatic carbocycles. The van der Waals surface area contributed by atoms with E-state index >= 15 is 0 Å². The number of carbonyl (C=O) groups excluding carboxylic acids is 1. The highest BCUT2D eigenvalue weighted by Gasteiger charge is 2.30. The highest BCUT2D eigenvalue weighted by Crippen LogP contribution is 2.17. The summed E-state index contributed by atoms with van der Waals surface area (Å²) in [6.07, 6.45) is 7.33. The van der Waals surface area contributed by atoms with Crippen LogP contribution in [0.15, 0.2) is 0 Å². The number of hydrogen-bond acceptors (Lipinski definition) is 2. The lowest BCUT2D eigenvalue weighted by molar-refractivity contribution is -0.136. The third kappa shape index (κ3) is 5.13. The Balaban J connectivity index is 2.32. The molecule has 0 aromatic heterocycles. The Morgan fingerprint density at radius 3 is 2.32 bits per heavy atom. The summed E-state index contributed by atoms with van der Waals surface area (Å²) in [6.45, 7) is 11.8. The molecule has 0 aromatic rings. The van der Waals surface area contributed by atoms with E-state index in [-0.39, 0.29) is 0 Å². The molecule has 0 spiro atoms. The Morgan fingerprint density at radius 2 is 1.68 bits per heavy atom. The number of nitrogens with zero attached hydrogens (tertiary/aromatic N) is 2. The lowest BCUT2D eigenvalue weighted by Crippen LogP contribution is -2.58. The Labute approximate surface area is 119 Å². The molecule has 0 saturated carbocycles. The van der Waals surface area contributed by atoms with E-state index in [1.165, 1.54) is 38.6 Å². The predicted octanol–water partition coefficient (Wildman–Crippen LogP) is 3.29. The van der Waals surface area contributed by atoms with Gasteiger partial charge in [-0.2, -0.15) is 0 Å². The fourth-order valence-electron chi connectivity index (χ4n) is 2.98. The molecule has 0 bridgehead atoms. The Morgan fingerprint density at radius 1 is 1.00 bits per heavy atom. The molecular weight excluding hydrogens is 236 g/mol.